The van der Waals surface area contributed by atoms with Crippen LogP contribution in [0.15, 0.2) is 183 Å². The molecule has 9 aromatic rings. The summed E-state index contributed by atoms with van der Waals surface area (Å²) in [5, 5.41) is 7.09. The Hall–Kier alpha value is -7.17. The second-order valence-corrected chi connectivity index (χ2v) is 15.0. The Labute approximate surface area is 353 Å². The Balaban J connectivity index is 0.00000246. The van der Waals surface area contributed by atoms with E-state index in [1.807, 2.05) is 39.0 Å². The van der Waals surface area contributed by atoms with Gasteiger partial charge in [-0.3, -0.25) is 0 Å². The quantitative estimate of drug-likeness (QED) is 0.103. The van der Waals surface area contributed by atoms with E-state index in [2.05, 4.69) is 190 Å². The molecule has 0 saturated heterocycles. The van der Waals surface area contributed by atoms with Crippen LogP contribution in [0.4, 0.5) is 0 Å². The van der Waals surface area contributed by atoms with E-state index in [1.54, 1.807) is 0 Å². The van der Waals surface area contributed by atoms with Crippen molar-refractivity contribution >= 4 is 54.6 Å². The first-order chi connectivity index (χ1) is 29.5. The summed E-state index contributed by atoms with van der Waals surface area (Å²) in [6.45, 7) is 16.7. The van der Waals surface area contributed by atoms with Crippen molar-refractivity contribution in [3.8, 4) is 45.3 Å². The summed E-state index contributed by atoms with van der Waals surface area (Å²) >= 11 is 0. The molecule has 4 heteroatoms. The molecule has 0 aliphatic carbocycles. The molecule has 0 amide bonds. The first-order valence-electron chi connectivity index (χ1n) is 21.0. The lowest BCUT2D eigenvalue weighted by Gasteiger charge is -2.14. The van der Waals surface area contributed by atoms with Gasteiger partial charge in [0.05, 0.1) is 11.0 Å². The van der Waals surface area contributed by atoms with E-state index in [4.69, 9.17) is 15.0 Å². The molecular weight excluding hydrogens is 729 g/mol. The molecule has 0 unspecified atom stereocenters. The summed E-state index contributed by atoms with van der Waals surface area (Å²) in [5.74, 6) is 2.31. The fourth-order valence-corrected chi connectivity index (χ4v) is 8.28. The molecule has 0 fully saturated rings. The van der Waals surface area contributed by atoms with Crippen molar-refractivity contribution in [2.45, 2.75) is 41.5 Å². The van der Waals surface area contributed by atoms with Gasteiger partial charge in [0.25, 0.3) is 0 Å². The van der Waals surface area contributed by atoms with Gasteiger partial charge in [-0.15, -0.1) is 0 Å². The van der Waals surface area contributed by atoms with Gasteiger partial charge in [-0.1, -0.05) is 180 Å². The summed E-state index contributed by atoms with van der Waals surface area (Å²) < 4.78 is 2.33. The smallest absolute Gasteiger partial charge is 0.164 e. The second kappa shape index (κ2) is 17.4. The van der Waals surface area contributed by atoms with Crippen LogP contribution in [0.3, 0.4) is 0 Å². The van der Waals surface area contributed by atoms with Crippen LogP contribution in [-0.2, 0) is 0 Å². The summed E-state index contributed by atoms with van der Waals surface area (Å²) in [6, 6.07) is 47.3. The Bertz CT molecular complexity index is 3080. The van der Waals surface area contributed by atoms with Gasteiger partial charge in [-0.05, 0) is 88.5 Å². The third-order valence-corrected chi connectivity index (χ3v) is 10.8. The fraction of sp³-hybridized carbons (Fsp3) is 0.125. The lowest BCUT2D eigenvalue weighted by Crippen LogP contribution is -2.01. The zero-order chi connectivity index (χ0) is 41.8. The lowest BCUT2D eigenvalue weighted by atomic mass is 9.91. The van der Waals surface area contributed by atoms with Crippen LogP contribution in [-0.4, -0.2) is 19.5 Å². The number of hydrogen-bond acceptors (Lipinski definition) is 3. The molecule has 0 spiro atoms. The minimum absolute atomic E-state index is 0.425. The van der Waals surface area contributed by atoms with Gasteiger partial charge in [0.2, 0.25) is 0 Å². The predicted molar refractivity (Wildman–Crippen MR) is 259 cm³/mol. The first kappa shape index (κ1) is 39.6. The van der Waals surface area contributed by atoms with Crippen LogP contribution in [0, 0.1) is 5.92 Å². The molecule has 294 valence electrons. The van der Waals surface area contributed by atoms with E-state index in [1.165, 1.54) is 32.7 Å². The summed E-state index contributed by atoms with van der Waals surface area (Å²) in [6.07, 6.45) is 14.7. The molecule has 7 aromatic carbocycles. The summed E-state index contributed by atoms with van der Waals surface area (Å²) in [7, 11) is 0. The highest BCUT2D eigenvalue weighted by Gasteiger charge is 2.24. The van der Waals surface area contributed by atoms with Gasteiger partial charge >= 0.3 is 0 Å². The van der Waals surface area contributed by atoms with Crippen LogP contribution in [0.25, 0.3) is 99.9 Å². The van der Waals surface area contributed by atoms with Gasteiger partial charge in [-0.25, -0.2) is 15.0 Å². The maximum atomic E-state index is 5.32. The topological polar surface area (TPSA) is 43.6 Å². The highest BCUT2D eigenvalue weighted by atomic mass is 15.0. The number of fused-ring (bicyclic) bond motifs is 3. The van der Waals surface area contributed by atoms with Crippen molar-refractivity contribution in [2.75, 3.05) is 0 Å². The predicted octanol–water partition coefficient (Wildman–Crippen LogP) is 15.6. The van der Waals surface area contributed by atoms with Gasteiger partial charge < -0.3 is 4.57 Å². The maximum Gasteiger partial charge on any atom is 0.164 e. The summed E-state index contributed by atoms with van der Waals surface area (Å²) in [4.78, 5) is 15.8. The van der Waals surface area contributed by atoms with E-state index in [0.29, 0.717) is 23.4 Å². The molecule has 0 saturated carbocycles. The highest BCUT2D eigenvalue weighted by Crippen LogP contribution is 2.47. The lowest BCUT2D eigenvalue weighted by molar-refractivity contribution is 0.834. The Morgan fingerprint density at radius 2 is 1.12 bits per heavy atom. The van der Waals surface area contributed by atoms with Crippen molar-refractivity contribution in [1.82, 2.24) is 19.5 Å². The van der Waals surface area contributed by atoms with Crippen molar-refractivity contribution < 1.29 is 0 Å². The molecule has 0 aliphatic rings. The SMILES string of the molecule is C=C/C(=C\C=C/C)n1c2cccc3c4ccccc4c4c(-c5nc(-c6ccc(C(/C=C\C)=C/C(C)C)cc6)nc(-c6ccc(-c7ccccc7)cc6)n5)ccc1c4c32.CC. The van der Waals surface area contributed by atoms with Crippen LogP contribution < -0.4 is 0 Å². The molecular formula is C56H50N4. The number of nitrogens with zero attached hydrogens (tertiary/aromatic N) is 4. The van der Waals surface area contributed by atoms with E-state index in [-0.39, 0.29) is 0 Å². The molecule has 9 rings (SSSR count). The molecule has 0 atom stereocenters. The zero-order valence-electron chi connectivity index (χ0n) is 35.3. The molecule has 0 bridgehead atoms. The van der Waals surface area contributed by atoms with Crippen LogP contribution >= 0.6 is 0 Å². The van der Waals surface area contributed by atoms with Gasteiger partial charge in [0.1, 0.15) is 0 Å². The third kappa shape index (κ3) is 7.26. The Morgan fingerprint density at radius 1 is 0.550 bits per heavy atom. The van der Waals surface area contributed by atoms with Crippen LogP contribution in [0.2, 0.25) is 0 Å². The van der Waals surface area contributed by atoms with Crippen molar-refractivity contribution in [3.63, 3.8) is 0 Å². The van der Waals surface area contributed by atoms with Gasteiger partial charge in [-0.2, -0.15) is 0 Å². The monoisotopic (exact) mass is 778 g/mol. The minimum Gasteiger partial charge on any atom is -0.309 e. The molecule has 2 aromatic heterocycles. The Kier molecular flexibility index (Phi) is 11.5. The zero-order valence-corrected chi connectivity index (χ0v) is 35.3. The van der Waals surface area contributed by atoms with Gasteiger partial charge in [0.15, 0.2) is 17.5 Å². The van der Waals surface area contributed by atoms with Crippen molar-refractivity contribution in [2.24, 2.45) is 5.92 Å². The molecule has 0 radical (unpaired) electrons. The largest absolute Gasteiger partial charge is 0.309 e. The average molecular weight is 779 g/mol. The molecule has 0 N–H and O–H groups in total. The van der Waals surface area contributed by atoms with E-state index in [9.17, 15) is 0 Å². The highest BCUT2D eigenvalue weighted by molar-refractivity contribution is 6.36. The molecule has 60 heavy (non-hydrogen) atoms. The number of hydrogen-bond donors (Lipinski definition) is 0. The van der Waals surface area contributed by atoms with E-state index in [0.717, 1.165) is 55.3 Å². The van der Waals surface area contributed by atoms with Crippen molar-refractivity contribution in [1.29, 1.82) is 0 Å². The van der Waals surface area contributed by atoms with Gasteiger partial charge in [0, 0.05) is 38.5 Å². The number of allylic oxidation sites excluding steroid dienone is 9. The molecule has 2 heterocycles. The van der Waals surface area contributed by atoms with Crippen LogP contribution in [0.5, 0.6) is 0 Å². The van der Waals surface area contributed by atoms with Crippen molar-refractivity contribution in [3.05, 3.63) is 188 Å². The first-order valence-corrected chi connectivity index (χ1v) is 21.0. The summed E-state index contributed by atoms with van der Waals surface area (Å²) in [5.41, 5.74) is 10.7. The average Bonchev–Trinajstić information content (AvgIpc) is 3.64. The number of benzene rings is 7. The van der Waals surface area contributed by atoms with E-state index >= 15 is 0 Å². The number of rotatable bonds is 10. The van der Waals surface area contributed by atoms with E-state index < -0.39 is 0 Å². The standard InChI is InChI=1S/C54H44N4.C2H6/c1-6-9-19-42(8-3)58-47-23-15-22-45-43-20-13-14-21-44(43)49-46(32-33-48(58)51(49)50(45)47)54-56-52(39-28-24-37(25-29-39)36-17-11-10-12-18-36)55-53(57-54)40-30-26-38(27-31-40)41(16-7-2)34-35(4)5;1-2/h6-35H,3H2,1-2,4-5H3;1-2H3/b9-6-,16-7-,41-34+,42-19+;. The minimum atomic E-state index is 0.425. The second-order valence-electron chi connectivity index (χ2n) is 15.0. The molecule has 4 nitrogen and oxygen atoms in total. The fourth-order valence-electron chi connectivity index (χ4n) is 8.28. The Morgan fingerprint density at radius 3 is 1.77 bits per heavy atom. The van der Waals surface area contributed by atoms with Crippen LogP contribution in [0.1, 0.15) is 47.1 Å². The maximum absolute atomic E-state index is 5.32. The third-order valence-electron chi connectivity index (χ3n) is 10.8. The normalized spacial score (nSPS) is 12.4. The molecule has 0 aliphatic heterocycles. The number of aromatic nitrogens is 4.